The second-order valence-corrected chi connectivity index (χ2v) is 4.53. The number of hydrogen-bond acceptors (Lipinski definition) is 3. The van der Waals surface area contributed by atoms with Gasteiger partial charge in [-0.1, -0.05) is 13.3 Å². The predicted molar refractivity (Wildman–Crippen MR) is 64.1 cm³/mol. The van der Waals surface area contributed by atoms with Crippen LogP contribution < -0.4 is 5.73 Å². The molecule has 0 aliphatic carbocycles. The molecule has 0 spiro atoms. The molecule has 0 amide bonds. The average molecular weight is 223 g/mol. The number of ketones is 1. The first-order valence-electron chi connectivity index (χ1n) is 5.90. The van der Waals surface area contributed by atoms with Crippen LogP contribution in [0.3, 0.4) is 0 Å². The van der Waals surface area contributed by atoms with Gasteiger partial charge in [0, 0.05) is 12.0 Å². The third kappa shape index (κ3) is 4.62. The number of Topliss-reactive ketones (excluding diaryl/α,β-unsaturated/α-hetero) is 1. The summed E-state index contributed by atoms with van der Waals surface area (Å²) in [4.78, 5) is 11.8. The highest BCUT2D eigenvalue weighted by molar-refractivity contribution is 5.82. The fourth-order valence-electron chi connectivity index (χ4n) is 1.67. The van der Waals surface area contributed by atoms with E-state index in [1.54, 1.807) is 6.26 Å². The van der Waals surface area contributed by atoms with E-state index in [4.69, 9.17) is 10.2 Å². The zero-order valence-corrected chi connectivity index (χ0v) is 10.1. The number of nitrogens with two attached hydrogens (primary N) is 1. The van der Waals surface area contributed by atoms with Crippen molar-refractivity contribution in [2.75, 3.05) is 0 Å². The lowest BCUT2D eigenvalue weighted by Crippen LogP contribution is -2.17. The van der Waals surface area contributed by atoms with Crippen LogP contribution in [0.1, 0.15) is 38.9 Å². The highest BCUT2D eigenvalue weighted by Crippen LogP contribution is 2.13. The Labute approximate surface area is 97.0 Å². The van der Waals surface area contributed by atoms with E-state index in [9.17, 15) is 4.79 Å². The second-order valence-electron chi connectivity index (χ2n) is 4.53. The van der Waals surface area contributed by atoms with Crippen LogP contribution in [0, 0.1) is 5.92 Å². The first-order chi connectivity index (χ1) is 7.59. The van der Waals surface area contributed by atoms with Crippen molar-refractivity contribution in [3.8, 4) is 0 Å². The molecule has 2 N–H and O–H groups in total. The summed E-state index contributed by atoms with van der Waals surface area (Å²) >= 11 is 0. The summed E-state index contributed by atoms with van der Waals surface area (Å²) in [5.41, 5.74) is 5.66. The quantitative estimate of drug-likeness (QED) is 0.772. The van der Waals surface area contributed by atoms with Gasteiger partial charge >= 0.3 is 0 Å². The molecule has 1 heterocycles. The normalized spacial score (nSPS) is 14.7. The molecule has 1 aromatic heterocycles. The maximum atomic E-state index is 11.8. The smallest absolute Gasteiger partial charge is 0.143 e. The minimum Gasteiger partial charge on any atom is -0.469 e. The molecule has 0 bridgehead atoms. The molecule has 90 valence electrons. The summed E-state index contributed by atoms with van der Waals surface area (Å²) in [6, 6.07) is 3.88. The van der Waals surface area contributed by atoms with E-state index in [2.05, 4.69) is 0 Å². The van der Waals surface area contributed by atoms with Crippen LogP contribution >= 0.6 is 0 Å². The zero-order chi connectivity index (χ0) is 12.0. The van der Waals surface area contributed by atoms with E-state index in [1.165, 1.54) is 0 Å². The Bertz CT molecular complexity index is 304. The lowest BCUT2D eigenvalue weighted by atomic mass is 9.96. The van der Waals surface area contributed by atoms with Gasteiger partial charge in [0.05, 0.1) is 12.7 Å². The van der Waals surface area contributed by atoms with E-state index < -0.39 is 0 Å². The van der Waals surface area contributed by atoms with Crippen LogP contribution in [0.4, 0.5) is 0 Å². The lowest BCUT2D eigenvalue weighted by molar-refractivity contribution is -0.122. The molecule has 16 heavy (non-hydrogen) atoms. The molecule has 3 heteroatoms. The Morgan fingerprint density at radius 1 is 1.44 bits per heavy atom. The molecule has 1 aromatic rings. The fraction of sp³-hybridized carbons (Fsp3) is 0.615. The summed E-state index contributed by atoms with van der Waals surface area (Å²) < 4.78 is 5.16. The van der Waals surface area contributed by atoms with E-state index in [-0.39, 0.29) is 17.7 Å². The third-order valence-electron chi connectivity index (χ3n) is 2.77. The van der Waals surface area contributed by atoms with Crippen molar-refractivity contribution in [2.24, 2.45) is 11.7 Å². The molecule has 0 aliphatic rings. The van der Waals surface area contributed by atoms with Gasteiger partial charge in [-0.2, -0.15) is 0 Å². The highest BCUT2D eigenvalue weighted by atomic mass is 16.3. The standard InChI is InChI=1S/C13H21NO2/c1-10(5-3-6-11(2)14)13(15)9-12-7-4-8-16-12/h4,7-8,10-11H,3,5-6,9,14H2,1-2H3. The molecule has 0 fully saturated rings. The summed E-state index contributed by atoms with van der Waals surface area (Å²) in [5, 5.41) is 0. The van der Waals surface area contributed by atoms with E-state index >= 15 is 0 Å². The largest absolute Gasteiger partial charge is 0.469 e. The molecule has 3 nitrogen and oxygen atoms in total. The molecule has 2 atom stereocenters. The second kappa shape index (κ2) is 6.48. The van der Waals surface area contributed by atoms with Crippen LogP contribution in [-0.2, 0) is 11.2 Å². The Kier molecular flexibility index (Phi) is 5.26. The molecule has 0 saturated heterocycles. The fourth-order valence-corrected chi connectivity index (χ4v) is 1.67. The van der Waals surface area contributed by atoms with Gasteiger partial charge in [-0.15, -0.1) is 0 Å². The molecule has 2 unspecified atom stereocenters. The number of carbonyl (C=O) groups excluding carboxylic acids is 1. The van der Waals surface area contributed by atoms with E-state index in [0.717, 1.165) is 25.0 Å². The minimum atomic E-state index is 0.101. The van der Waals surface area contributed by atoms with Crippen molar-refractivity contribution in [2.45, 2.75) is 45.6 Å². The molecular formula is C13H21NO2. The first-order valence-corrected chi connectivity index (χ1v) is 5.90. The van der Waals surface area contributed by atoms with Crippen LogP contribution in [0.2, 0.25) is 0 Å². The SMILES string of the molecule is CC(N)CCCC(C)C(=O)Cc1ccco1. The van der Waals surface area contributed by atoms with E-state index in [1.807, 2.05) is 26.0 Å². The van der Waals surface area contributed by atoms with Gasteiger partial charge in [0.2, 0.25) is 0 Å². The lowest BCUT2D eigenvalue weighted by Gasteiger charge is -2.10. The molecule has 1 rings (SSSR count). The number of hydrogen-bond donors (Lipinski definition) is 1. The van der Waals surface area contributed by atoms with Gasteiger partial charge in [-0.05, 0) is 31.9 Å². The summed E-state index contributed by atoms with van der Waals surface area (Å²) in [6.45, 7) is 3.97. The number of carbonyl (C=O) groups is 1. The van der Waals surface area contributed by atoms with Crippen LogP contribution in [0.15, 0.2) is 22.8 Å². The van der Waals surface area contributed by atoms with Crippen molar-refractivity contribution >= 4 is 5.78 Å². The maximum Gasteiger partial charge on any atom is 0.143 e. The van der Waals surface area contributed by atoms with Crippen LogP contribution in [0.25, 0.3) is 0 Å². The van der Waals surface area contributed by atoms with Crippen LogP contribution in [0.5, 0.6) is 0 Å². The average Bonchev–Trinajstić information content (AvgIpc) is 2.69. The molecule has 0 aliphatic heterocycles. The van der Waals surface area contributed by atoms with Gasteiger partial charge in [-0.3, -0.25) is 4.79 Å². The third-order valence-corrected chi connectivity index (χ3v) is 2.77. The van der Waals surface area contributed by atoms with Crippen molar-refractivity contribution in [1.29, 1.82) is 0 Å². The van der Waals surface area contributed by atoms with Gasteiger partial charge in [0.1, 0.15) is 11.5 Å². The Balaban J connectivity index is 2.25. The zero-order valence-electron chi connectivity index (χ0n) is 10.1. The molecule has 0 saturated carbocycles. The molecule has 0 radical (unpaired) electrons. The van der Waals surface area contributed by atoms with Crippen molar-refractivity contribution in [3.63, 3.8) is 0 Å². The highest BCUT2D eigenvalue weighted by Gasteiger charge is 2.14. The topological polar surface area (TPSA) is 56.2 Å². The Morgan fingerprint density at radius 3 is 2.75 bits per heavy atom. The Hall–Kier alpha value is -1.09. The van der Waals surface area contributed by atoms with Gasteiger partial charge in [0.15, 0.2) is 0 Å². The van der Waals surface area contributed by atoms with Gasteiger partial charge in [0.25, 0.3) is 0 Å². The summed E-state index contributed by atoms with van der Waals surface area (Å²) in [6.07, 6.45) is 4.93. The first kappa shape index (κ1) is 13.0. The summed E-state index contributed by atoms with van der Waals surface area (Å²) in [5.74, 6) is 1.10. The number of rotatable bonds is 7. The van der Waals surface area contributed by atoms with Crippen molar-refractivity contribution in [3.05, 3.63) is 24.2 Å². The Morgan fingerprint density at radius 2 is 2.19 bits per heavy atom. The monoisotopic (exact) mass is 223 g/mol. The molecule has 0 aromatic carbocycles. The van der Waals surface area contributed by atoms with E-state index in [0.29, 0.717) is 6.42 Å². The molecular weight excluding hydrogens is 202 g/mol. The van der Waals surface area contributed by atoms with Crippen molar-refractivity contribution < 1.29 is 9.21 Å². The summed E-state index contributed by atoms with van der Waals surface area (Å²) in [7, 11) is 0. The maximum absolute atomic E-state index is 11.8. The van der Waals surface area contributed by atoms with Gasteiger partial charge < -0.3 is 10.2 Å². The number of furan rings is 1. The van der Waals surface area contributed by atoms with Gasteiger partial charge in [-0.25, -0.2) is 0 Å². The van der Waals surface area contributed by atoms with Crippen molar-refractivity contribution in [1.82, 2.24) is 0 Å². The predicted octanol–water partition coefficient (Wildman–Crippen LogP) is 2.54. The van der Waals surface area contributed by atoms with Crippen LogP contribution in [-0.4, -0.2) is 11.8 Å². The minimum absolute atomic E-state index is 0.101.